The van der Waals surface area contributed by atoms with Crippen LogP contribution in [0.2, 0.25) is 0 Å². The molecule has 1 spiro atoms. The Morgan fingerprint density at radius 2 is 2.00 bits per heavy atom. The summed E-state index contributed by atoms with van der Waals surface area (Å²) in [5.74, 6) is 0.916. The zero-order valence-electron chi connectivity index (χ0n) is 14.8. The second-order valence-corrected chi connectivity index (χ2v) is 6.85. The third-order valence-corrected chi connectivity index (χ3v) is 5.17. The van der Waals surface area contributed by atoms with Crippen molar-refractivity contribution in [3.8, 4) is 5.75 Å². The Morgan fingerprint density at radius 3 is 2.60 bits per heavy atom. The van der Waals surface area contributed by atoms with Crippen LogP contribution in [0.4, 0.5) is 0 Å². The summed E-state index contributed by atoms with van der Waals surface area (Å²) < 4.78 is 10.9. The number of hydrogen-bond acceptors (Lipinski definition) is 5. The van der Waals surface area contributed by atoms with Crippen LogP contribution in [0.1, 0.15) is 36.0 Å². The van der Waals surface area contributed by atoms with Crippen molar-refractivity contribution in [3.63, 3.8) is 0 Å². The molecule has 25 heavy (non-hydrogen) atoms. The molecule has 136 valence electrons. The maximum atomic E-state index is 12.2. The summed E-state index contributed by atoms with van der Waals surface area (Å²) in [6.45, 7) is 3.62. The fourth-order valence-electron chi connectivity index (χ4n) is 3.47. The van der Waals surface area contributed by atoms with Gasteiger partial charge in [0.25, 0.3) is 0 Å². The number of carbonyl (C=O) groups excluding carboxylic acids is 2. The molecule has 1 aromatic rings. The fraction of sp³-hybridized carbons (Fsp3) is 0.579. The summed E-state index contributed by atoms with van der Waals surface area (Å²) in [6, 6.07) is 7.28. The maximum Gasteiger partial charge on any atom is 0.246 e. The molecule has 1 amide bonds. The third kappa shape index (κ3) is 4.58. The van der Waals surface area contributed by atoms with E-state index in [1.54, 1.807) is 7.11 Å². The number of ketones is 1. The van der Waals surface area contributed by atoms with Crippen molar-refractivity contribution in [3.05, 3.63) is 29.8 Å². The number of nitrogens with zero attached hydrogens (tertiary/aromatic N) is 1. The number of benzene rings is 1. The molecule has 2 saturated heterocycles. The molecule has 2 heterocycles. The summed E-state index contributed by atoms with van der Waals surface area (Å²) in [7, 11) is 1.62. The monoisotopic (exact) mass is 346 g/mol. The van der Waals surface area contributed by atoms with Gasteiger partial charge < -0.3 is 19.7 Å². The molecule has 0 aromatic heterocycles. The van der Waals surface area contributed by atoms with Crippen molar-refractivity contribution in [2.75, 3.05) is 39.9 Å². The number of morpholine rings is 1. The van der Waals surface area contributed by atoms with Gasteiger partial charge in [-0.2, -0.15) is 0 Å². The standard InChI is InChI=1S/C19H26N2O4/c1-24-16-6-4-15(5-7-16)17(22)3-2-10-21-11-8-19(9-12-21)14-20-18(23)13-25-19/h4-7H,2-3,8-14H2,1H3,(H,20,23). The van der Waals surface area contributed by atoms with Crippen LogP contribution in [-0.2, 0) is 9.53 Å². The van der Waals surface area contributed by atoms with Crippen molar-refractivity contribution in [2.45, 2.75) is 31.3 Å². The molecule has 2 aliphatic heterocycles. The SMILES string of the molecule is COc1ccc(C(=O)CCCN2CCC3(CC2)CNC(=O)CO3)cc1. The van der Waals surface area contributed by atoms with Gasteiger partial charge in [0.1, 0.15) is 12.4 Å². The summed E-state index contributed by atoms with van der Waals surface area (Å²) in [5.41, 5.74) is 0.563. The van der Waals surface area contributed by atoms with Crippen LogP contribution < -0.4 is 10.1 Å². The maximum absolute atomic E-state index is 12.2. The highest BCUT2D eigenvalue weighted by Crippen LogP contribution is 2.27. The van der Waals surface area contributed by atoms with Gasteiger partial charge in [-0.3, -0.25) is 9.59 Å². The van der Waals surface area contributed by atoms with Gasteiger partial charge in [-0.1, -0.05) is 0 Å². The van der Waals surface area contributed by atoms with E-state index in [0.29, 0.717) is 13.0 Å². The predicted octanol–water partition coefficient (Wildman–Crippen LogP) is 1.64. The van der Waals surface area contributed by atoms with Crippen LogP contribution in [0.5, 0.6) is 5.75 Å². The van der Waals surface area contributed by atoms with E-state index < -0.39 is 0 Å². The molecule has 0 unspecified atom stereocenters. The second kappa shape index (κ2) is 7.97. The minimum Gasteiger partial charge on any atom is -0.497 e. The third-order valence-electron chi connectivity index (χ3n) is 5.17. The minimum atomic E-state index is -0.177. The molecule has 6 heteroatoms. The summed E-state index contributed by atoms with van der Waals surface area (Å²) in [6.07, 6.45) is 3.27. The zero-order chi connectivity index (χ0) is 17.7. The van der Waals surface area contributed by atoms with Gasteiger partial charge in [-0.25, -0.2) is 0 Å². The zero-order valence-corrected chi connectivity index (χ0v) is 14.8. The number of amides is 1. The van der Waals surface area contributed by atoms with E-state index in [2.05, 4.69) is 10.2 Å². The highest BCUT2D eigenvalue weighted by molar-refractivity contribution is 5.96. The van der Waals surface area contributed by atoms with E-state index in [-0.39, 0.29) is 23.9 Å². The van der Waals surface area contributed by atoms with E-state index in [0.717, 1.165) is 50.2 Å². The average Bonchev–Trinajstić information content (AvgIpc) is 2.66. The molecule has 3 rings (SSSR count). The van der Waals surface area contributed by atoms with Crippen LogP contribution in [0.15, 0.2) is 24.3 Å². The lowest BCUT2D eigenvalue weighted by atomic mass is 9.90. The van der Waals surface area contributed by atoms with Gasteiger partial charge in [0.2, 0.25) is 5.91 Å². The minimum absolute atomic E-state index is 0.0231. The fourth-order valence-corrected chi connectivity index (χ4v) is 3.47. The molecule has 0 saturated carbocycles. The first-order valence-corrected chi connectivity index (χ1v) is 8.90. The Bertz CT molecular complexity index is 594. The van der Waals surface area contributed by atoms with Gasteiger partial charge in [0.15, 0.2) is 5.78 Å². The molecule has 1 aromatic carbocycles. The Balaban J connectivity index is 1.38. The van der Waals surface area contributed by atoms with Crippen molar-refractivity contribution in [1.82, 2.24) is 10.2 Å². The lowest BCUT2D eigenvalue weighted by Gasteiger charge is -2.43. The Kier molecular flexibility index (Phi) is 5.71. The van der Waals surface area contributed by atoms with E-state index in [1.165, 1.54) is 0 Å². The van der Waals surface area contributed by atoms with Crippen molar-refractivity contribution >= 4 is 11.7 Å². The lowest BCUT2D eigenvalue weighted by Crippen LogP contribution is -2.57. The summed E-state index contributed by atoms with van der Waals surface area (Å²) >= 11 is 0. The van der Waals surface area contributed by atoms with Crippen molar-refractivity contribution in [2.24, 2.45) is 0 Å². The highest BCUT2D eigenvalue weighted by atomic mass is 16.5. The number of methoxy groups -OCH3 is 1. The first-order valence-electron chi connectivity index (χ1n) is 8.90. The quantitative estimate of drug-likeness (QED) is 0.793. The number of nitrogens with one attached hydrogen (secondary N) is 1. The number of piperidine rings is 1. The van der Waals surface area contributed by atoms with Crippen LogP contribution in [0.3, 0.4) is 0 Å². The number of rotatable bonds is 6. The van der Waals surface area contributed by atoms with Crippen LogP contribution in [-0.4, -0.2) is 62.1 Å². The summed E-state index contributed by atoms with van der Waals surface area (Å²) in [5, 5.41) is 2.91. The molecule has 2 fully saturated rings. The number of likely N-dealkylation sites (tertiary alicyclic amines) is 1. The average molecular weight is 346 g/mol. The molecular weight excluding hydrogens is 320 g/mol. The van der Waals surface area contributed by atoms with Gasteiger partial charge in [-0.05, 0) is 50.1 Å². The normalized spacial score (nSPS) is 20.3. The highest BCUT2D eigenvalue weighted by Gasteiger charge is 2.38. The summed E-state index contributed by atoms with van der Waals surface area (Å²) in [4.78, 5) is 25.8. The van der Waals surface area contributed by atoms with E-state index in [9.17, 15) is 9.59 Å². The Morgan fingerprint density at radius 1 is 1.28 bits per heavy atom. The van der Waals surface area contributed by atoms with Gasteiger partial charge in [0.05, 0.1) is 12.7 Å². The van der Waals surface area contributed by atoms with Gasteiger partial charge >= 0.3 is 0 Å². The first-order chi connectivity index (χ1) is 12.1. The molecule has 6 nitrogen and oxygen atoms in total. The Labute approximate surface area is 148 Å². The second-order valence-electron chi connectivity index (χ2n) is 6.85. The van der Waals surface area contributed by atoms with E-state index in [4.69, 9.17) is 9.47 Å². The smallest absolute Gasteiger partial charge is 0.246 e. The van der Waals surface area contributed by atoms with Crippen molar-refractivity contribution in [1.29, 1.82) is 0 Å². The molecule has 2 aliphatic rings. The molecule has 0 atom stereocenters. The molecule has 0 radical (unpaired) electrons. The molecule has 0 aliphatic carbocycles. The molecule has 1 N–H and O–H groups in total. The molecular formula is C19H26N2O4. The lowest BCUT2D eigenvalue weighted by molar-refractivity contribution is -0.150. The number of Topliss-reactive ketones (excluding diaryl/α,β-unsaturated/α-hetero) is 1. The Hall–Kier alpha value is -1.92. The van der Waals surface area contributed by atoms with E-state index in [1.807, 2.05) is 24.3 Å². The molecule has 0 bridgehead atoms. The van der Waals surface area contributed by atoms with Crippen LogP contribution >= 0.6 is 0 Å². The number of carbonyl (C=O) groups is 2. The topological polar surface area (TPSA) is 67.9 Å². The largest absolute Gasteiger partial charge is 0.497 e. The predicted molar refractivity (Wildman–Crippen MR) is 93.9 cm³/mol. The van der Waals surface area contributed by atoms with Crippen LogP contribution in [0, 0.1) is 0 Å². The van der Waals surface area contributed by atoms with E-state index >= 15 is 0 Å². The first kappa shape index (κ1) is 17.9. The van der Waals surface area contributed by atoms with Crippen molar-refractivity contribution < 1.29 is 19.1 Å². The van der Waals surface area contributed by atoms with Crippen LogP contribution in [0.25, 0.3) is 0 Å². The van der Waals surface area contributed by atoms with Gasteiger partial charge in [-0.15, -0.1) is 0 Å². The number of hydrogen-bond donors (Lipinski definition) is 1. The van der Waals surface area contributed by atoms with Gasteiger partial charge in [0, 0.05) is 31.6 Å². The number of ether oxygens (including phenoxy) is 2.